The zero-order chi connectivity index (χ0) is 33.2. The van der Waals surface area contributed by atoms with E-state index in [4.69, 9.17) is 14.2 Å². The summed E-state index contributed by atoms with van der Waals surface area (Å²) < 4.78 is 18.7. The minimum atomic E-state index is -0.727. The molecule has 5 rings (SSSR count). The average Bonchev–Trinajstić information content (AvgIpc) is 3.52. The highest BCUT2D eigenvalue weighted by Gasteiger charge is 2.31. The standard InChI is InChI=1S/C35H46N4O7/c1-34(2,3)45-32(42)36-14-8-16-44-29-13-11-25(30-26(29)19-37-31(30)41)28-18-23-17-22(20-38-15-7-9-24(40)21-38)10-12-27(23)39(28)33(43)46-35(4,5)6/h10-13,17-18,24,40H,7-9,14-16,19-21H2,1-6H3,(H,36,42)(H,37,41). The van der Waals surface area contributed by atoms with E-state index in [1.54, 1.807) is 4.57 Å². The highest BCUT2D eigenvalue weighted by atomic mass is 16.6. The fraction of sp³-hybridized carbons (Fsp3) is 0.514. The molecule has 3 aromatic rings. The van der Waals surface area contributed by atoms with Crippen LogP contribution in [-0.2, 0) is 22.6 Å². The molecule has 1 atom stereocenters. The van der Waals surface area contributed by atoms with E-state index >= 15 is 0 Å². The molecule has 1 unspecified atom stereocenters. The van der Waals surface area contributed by atoms with Crippen molar-refractivity contribution in [2.24, 2.45) is 0 Å². The van der Waals surface area contributed by atoms with Crippen LogP contribution in [0.4, 0.5) is 9.59 Å². The van der Waals surface area contributed by atoms with Crippen molar-refractivity contribution in [1.29, 1.82) is 0 Å². The summed E-state index contributed by atoms with van der Waals surface area (Å²) in [4.78, 5) is 41.1. The summed E-state index contributed by atoms with van der Waals surface area (Å²) >= 11 is 0. The molecule has 0 bridgehead atoms. The zero-order valence-corrected chi connectivity index (χ0v) is 27.7. The van der Waals surface area contributed by atoms with Gasteiger partial charge in [-0.15, -0.1) is 0 Å². The van der Waals surface area contributed by atoms with Crippen molar-refractivity contribution in [1.82, 2.24) is 20.1 Å². The van der Waals surface area contributed by atoms with Crippen LogP contribution in [0.1, 0.15) is 82.3 Å². The Hall–Kier alpha value is -4.09. The summed E-state index contributed by atoms with van der Waals surface area (Å²) in [5.74, 6) is 0.327. The Bertz CT molecular complexity index is 1620. The summed E-state index contributed by atoms with van der Waals surface area (Å²) in [5, 5.41) is 16.6. The molecular weight excluding hydrogens is 588 g/mol. The number of hydrogen-bond donors (Lipinski definition) is 3. The van der Waals surface area contributed by atoms with Crippen molar-refractivity contribution in [3.8, 4) is 17.0 Å². The topological polar surface area (TPSA) is 131 Å². The van der Waals surface area contributed by atoms with E-state index in [9.17, 15) is 19.5 Å². The first-order valence-electron chi connectivity index (χ1n) is 16.0. The molecule has 1 fully saturated rings. The lowest BCUT2D eigenvalue weighted by molar-refractivity contribution is 0.0520. The van der Waals surface area contributed by atoms with Crippen LogP contribution in [0.3, 0.4) is 0 Å². The van der Waals surface area contributed by atoms with Crippen LogP contribution in [0.25, 0.3) is 22.2 Å². The summed E-state index contributed by atoms with van der Waals surface area (Å²) in [6.07, 6.45) is 0.998. The molecule has 11 heteroatoms. The van der Waals surface area contributed by atoms with Gasteiger partial charge in [0.1, 0.15) is 17.0 Å². The summed E-state index contributed by atoms with van der Waals surface area (Å²) in [6, 6.07) is 11.5. The van der Waals surface area contributed by atoms with Crippen LogP contribution >= 0.6 is 0 Å². The maximum atomic E-state index is 13.7. The number of aromatic nitrogens is 1. The van der Waals surface area contributed by atoms with Crippen molar-refractivity contribution in [3.63, 3.8) is 0 Å². The van der Waals surface area contributed by atoms with E-state index in [-0.39, 0.29) is 12.0 Å². The molecule has 248 valence electrons. The smallest absolute Gasteiger partial charge is 0.419 e. The molecule has 0 saturated carbocycles. The molecule has 3 heterocycles. The Kier molecular flexibility index (Phi) is 9.65. The Labute approximate surface area is 270 Å². The molecule has 0 spiro atoms. The lowest BCUT2D eigenvalue weighted by atomic mass is 9.99. The van der Waals surface area contributed by atoms with Crippen molar-refractivity contribution < 1.29 is 33.7 Å². The van der Waals surface area contributed by atoms with Crippen molar-refractivity contribution in [2.45, 2.75) is 91.2 Å². The maximum absolute atomic E-state index is 13.7. The lowest BCUT2D eigenvalue weighted by Gasteiger charge is -2.30. The van der Waals surface area contributed by atoms with Gasteiger partial charge in [-0.05, 0) is 103 Å². The second-order valence-electron chi connectivity index (χ2n) is 14.0. The maximum Gasteiger partial charge on any atom is 0.419 e. The second kappa shape index (κ2) is 13.3. The van der Waals surface area contributed by atoms with Gasteiger partial charge in [0.15, 0.2) is 0 Å². The number of fused-ring (bicyclic) bond motifs is 2. The molecule has 2 aliphatic heterocycles. The molecule has 2 aliphatic rings. The van der Waals surface area contributed by atoms with Crippen LogP contribution < -0.4 is 15.4 Å². The van der Waals surface area contributed by atoms with Crippen LogP contribution in [0, 0.1) is 0 Å². The zero-order valence-electron chi connectivity index (χ0n) is 27.7. The number of nitrogens with one attached hydrogen (secondary N) is 2. The number of rotatable bonds is 8. The number of nitrogens with zero attached hydrogens (tertiary/aromatic N) is 2. The van der Waals surface area contributed by atoms with Gasteiger partial charge in [-0.1, -0.05) is 6.07 Å². The molecule has 11 nitrogen and oxygen atoms in total. The normalized spacial score (nSPS) is 17.0. The third-order valence-electron chi connectivity index (χ3n) is 7.77. The van der Waals surface area contributed by atoms with E-state index in [2.05, 4.69) is 21.6 Å². The van der Waals surface area contributed by atoms with Gasteiger partial charge in [-0.25, -0.2) is 14.2 Å². The molecule has 46 heavy (non-hydrogen) atoms. The van der Waals surface area contributed by atoms with E-state index < -0.39 is 23.4 Å². The number of alkyl carbamates (subject to hydrolysis) is 1. The van der Waals surface area contributed by atoms with Gasteiger partial charge in [-0.3, -0.25) is 9.69 Å². The molecular formula is C35H46N4O7. The first-order valence-corrected chi connectivity index (χ1v) is 16.0. The van der Waals surface area contributed by atoms with Crippen molar-refractivity contribution >= 4 is 29.0 Å². The Balaban J connectivity index is 1.43. The van der Waals surface area contributed by atoms with E-state index in [0.29, 0.717) is 72.9 Å². The fourth-order valence-electron chi connectivity index (χ4n) is 5.93. The highest BCUT2D eigenvalue weighted by Crippen LogP contribution is 2.38. The van der Waals surface area contributed by atoms with Gasteiger partial charge in [0.2, 0.25) is 0 Å². The summed E-state index contributed by atoms with van der Waals surface area (Å²) in [6.45, 7) is 14.1. The quantitative estimate of drug-likeness (QED) is 0.274. The van der Waals surface area contributed by atoms with Crippen molar-refractivity contribution in [3.05, 3.63) is 53.1 Å². The van der Waals surface area contributed by atoms with Gasteiger partial charge < -0.3 is 30.0 Å². The number of carbonyl (C=O) groups excluding carboxylic acids is 3. The summed E-state index contributed by atoms with van der Waals surface area (Å²) in [7, 11) is 0. The first-order chi connectivity index (χ1) is 21.7. The number of aliphatic hydroxyl groups excluding tert-OH is 1. The molecule has 0 radical (unpaired) electrons. The predicted molar refractivity (Wildman–Crippen MR) is 175 cm³/mol. The van der Waals surface area contributed by atoms with Gasteiger partial charge in [0.05, 0.1) is 29.5 Å². The van der Waals surface area contributed by atoms with Gasteiger partial charge in [0.25, 0.3) is 5.91 Å². The number of amides is 2. The third kappa shape index (κ3) is 8.00. The Morgan fingerprint density at radius 3 is 2.52 bits per heavy atom. The molecule has 1 saturated heterocycles. The molecule has 2 amide bonds. The number of likely N-dealkylation sites (tertiary alicyclic amines) is 1. The molecule has 2 aromatic carbocycles. The second-order valence-corrected chi connectivity index (χ2v) is 14.0. The van der Waals surface area contributed by atoms with E-state index in [0.717, 1.165) is 30.3 Å². The average molecular weight is 635 g/mol. The van der Waals surface area contributed by atoms with E-state index in [1.165, 1.54) is 0 Å². The van der Waals surface area contributed by atoms with Gasteiger partial charge >= 0.3 is 12.2 Å². The van der Waals surface area contributed by atoms with Crippen LogP contribution in [0.15, 0.2) is 36.4 Å². The first kappa shape index (κ1) is 33.3. The number of ether oxygens (including phenoxy) is 3. The monoisotopic (exact) mass is 634 g/mol. The number of β-amino-alcohol motifs (C(OH)–C–C–N with tert-alkyl or cyclic N) is 1. The van der Waals surface area contributed by atoms with Crippen LogP contribution in [-0.4, -0.2) is 76.2 Å². The fourth-order valence-corrected chi connectivity index (χ4v) is 5.93. The minimum Gasteiger partial charge on any atom is -0.493 e. The summed E-state index contributed by atoms with van der Waals surface area (Å²) in [5.41, 5.74) is 2.78. The van der Waals surface area contributed by atoms with Crippen molar-refractivity contribution in [2.75, 3.05) is 26.2 Å². The van der Waals surface area contributed by atoms with E-state index in [1.807, 2.05) is 71.9 Å². The molecule has 3 N–H and O–H groups in total. The minimum absolute atomic E-state index is 0.243. The number of benzene rings is 2. The number of carbonyl (C=O) groups is 3. The number of hydrogen-bond acceptors (Lipinski definition) is 8. The van der Waals surface area contributed by atoms with Crippen LogP contribution in [0.2, 0.25) is 0 Å². The van der Waals surface area contributed by atoms with Crippen LogP contribution in [0.5, 0.6) is 5.75 Å². The molecule has 1 aromatic heterocycles. The lowest BCUT2D eigenvalue weighted by Crippen LogP contribution is -2.37. The predicted octanol–water partition coefficient (Wildman–Crippen LogP) is 5.59. The SMILES string of the molecule is CC(C)(C)OC(=O)NCCCOc1ccc(-c2cc3cc(CN4CCCC(O)C4)ccc3n2C(=O)OC(C)(C)C)c2c1CNC2=O. The third-order valence-corrected chi connectivity index (χ3v) is 7.77. The van der Waals surface area contributed by atoms with Gasteiger partial charge in [-0.2, -0.15) is 0 Å². The Morgan fingerprint density at radius 2 is 1.80 bits per heavy atom. The van der Waals surface area contributed by atoms with Gasteiger partial charge in [0, 0.05) is 42.7 Å². The number of piperidine rings is 1. The number of aliphatic hydroxyl groups is 1. The highest BCUT2D eigenvalue weighted by molar-refractivity contribution is 6.07. The Morgan fingerprint density at radius 1 is 1.04 bits per heavy atom. The molecule has 0 aliphatic carbocycles. The largest absolute Gasteiger partial charge is 0.493 e.